The van der Waals surface area contributed by atoms with Crippen molar-refractivity contribution in [3.05, 3.63) is 89.1 Å². The number of hydrogen-bond acceptors (Lipinski definition) is 4. The molecular formula is C30H28N4O3. The molecule has 2 fully saturated rings. The lowest BCUT2D eigenvalue weighted by Crippen LogP contribution is -2.47. The van der Waals surface area contributed by atoms with Crippen molar-refractivity contribution in [3.63, 3.8) is 0 Å². The zero-order chi connectivity index (χ0) is 25.2. The highest BCUT2D eigenvalue weighted by molar-refractivity contribution is 6.06. The Hall–Kier alpha value is -4.00. The Balaban J connectivity index is 1.10. The summed E-state index contributed by atoms with van der Waals surface area (Å²) in [5.41, 5.74) is 3.97. The number of benzene rings is 2. The summed E-state index contributed by atoms with van der Waals surface area (Å²) in [4.78, 5) is 45.7. The second-order valence-corrected chi connectivity index (χ2v) is 11.0. The molecule has 2 spiro atoms. The number of rotatable bonds is 4. The summed E-state index contributed by atoms with van der Waals surface area (Å²) in [6, 6.07) is 19.6. The predicted molar refractivity (Wildman–Crippen MR) is 139 cm³/mol. The topological polar surface area (TPSA) is 91.4 Å². The van der Waals surface area contributed by atoms with Gasteiger partial charge < -0.3 is 15.5 Å². The molecule has 7 nitrogen and oxygen atoms in total. The summed E-state index contributed by atoms with van der Waals surface area (Å²) in [5.74, 6) is 0.528. The van der Waals surface area contributed by atoms with Crippen molar-refractivity contribution in [2.75, 3.05) is 17.2 Å². The van der Waals surface area contributed by atoms with Crippen LogP contribution in [0.15, 0.2) is 66.9 Å². The maximum atomic E-state index is 13.4. The second-order valence-electron chi connectivity index (χ2n) is 11.0. The van der Waals surface area contributed by atoms with Gasteiger partial charge in [0.05, 0.1) is 11.5 Å². The normalized spacial score (nSPS) is 24.6. The SMILES string of the molecule is O=C(CN1C(=O)C2(CC[C@@H]1c1ccccc1)CC2)Nc1ccc2c(c1)C[C@@]1(C2)C(=O)Nc2ncccc21. The van der Waals surface area contributed by atoms with E-state index in [4.69, 9.17) is 0 Å². The van der Waals surface area contributed by atoms with Gasteiger partial charge in [-0.3, -0.25) is 14.4 Å². The number of anilines is 2. The molecule has 37 heavy (non-hydrogen) atoms. The van der Waals surface area contributed by atoms with Crippen LogP contribution in [0, 0.1) is 5.41 Å². The molecule has 1 saturated carbocycles. The van der Waals surface area contributed by atoms with Crippen LogP contribution in [0.25, 0.3) is 0 Å². The van der Waals surface area contributed by atoms with Crippen molar-refractivity contribution in [2.24, 2.45) is 5.41 Å². The number of aromatic nitrogens is 1. The summed E-state index contributed by atoms with van der Waals surface area (Å²) >= 11 is 0. The molecule has 0 unspecified atom stereocenters. The molecule has 0 radical (unpaired) electrons. The van der Waals surface area contributed by atoms with Gasteiger partial charge in [0.2, 0.25) is 17.7 Å². The van der Waals surface area contributed by atoms with Crippen molar-refractivity contribution in [3.8, 4) is 0 Å². The highest BCUT2D eigenvalue weighted by atomic mass is 16.2. The first kappa shape index (κ1) is 22.2. The molecule has 3 aromatic rings. The van der Waals surface area contributed by atoms with E-state index in [1.165, 1.54) is 0 Å². The molecule has 2 aliphatic heterocycles. The zero-order valence-electron chi connectivity index (χ0n) is 20.5. The van der Waals surface area contributed by atoms with Crippen molar-refractivity contribution >= 4 is 29.2 Å². The molecule has 2 N–H and O–H groups in total. The van der Waals surface area contributed by atoms with E-state index in [0.29, 0.717) is 24.3 Å². The van der Waals surface area contributed by atoms with Crippen molar-refractivity contribution in [1.82, 2.24) is 9.88 Å². The lowest BCUT2D eigenvalue weighted by atomic mass is 9.79. The Morgan fingerprint density at radius 2 is 1.81 bits per heavy atom. The molecule has 2 aromatic carbocycles. The van der Waals surface area contributed by atoms with Crippen LogP contribution in [0.4, 0.5) is 11.5 Å². The van der Waals surface area contributed by atoms with Gasteiger partial charge in [0.25, 0.3) is 0 Å². The van der Waals surface area contributed by atoms with Gasteiger partial charge in [0.15, 0.2) is 0 Å². The van der Waals surface area contributed by atoms with E-state index in [2.05, 4.69) is 15.6 Å². The number of amides is 3. The fourth-order valence-corrected chi connectivity index (χ4v) is 6.64. The molecule has 1 aromatic heterocycles. The zero-order valence-corrected chi connectivity index (χ0v) is 20.5. The minimum atomic E-state index is -0.643. The Bertz CT molecular complexity index is 1450. The molecule has 186 valence electrons. The number of carbonyl (C=O) groups is 3. The van der Waals surface area contributed by atoms with Gasteiger partial charge in [-0.1, -0.05) is 42.5 Å². The summed E-state index contributed by atoms with van der Waals surface area (Å²) in [6.45, 7) is 0.0304. The van der Waals surface area contributed by atoms with Crippen LogP contribution in [0.3, 0.4) is 0 Å². The molecule has 4 aliphatic rings. The lowest BCUT2D eigenvalue weighted by molar-refractivity contribution is -0.146. The Kier molecular flexibility index (Phi) is 4.80. The number of nitrogens with one attached hydrogen (secondary N) is 2. The lowest BCUT2D eigenvalue weighted by Gasteiger charge is -2.39. The number of pyridine rings is 1. The van der Waals surface area contributed by atoms with E-state index in [0.717, 1.165) is 47.9 Å². The van der Waals surface area contributed by atoms with E-state index < -0.39 is 5.41 Å². The first-order valence-electron chi connectivity index (χ1n) is 13.0. The monoisotopic (exact) mass is 492 g/mol. The van der Waals surface area contributed by atoms with Crippen LogP contribution in [0.2, 0.25) is 0 Å². The second kappa shape index (κ2) is 8.00. The Morgan fingerprint density at radius 1 is 1.00 bits per heavy atom. The quantitative estimate of drug-likeness (QED) is 0.572. The van der Waals surface area contributed by atoms with Gasteiger partial charge in [0, 0.05) is 22.9 Å². The van der Waals surface area contributed by atoms with Gasteiger partial charge in [0.1, 0.15) is 12.4 Å². The van der Waals surface area contributed by atoms with E-state index in [1.54, 1.807) is 11.1 Å². The summed E-state index contributed by atoms with van der Waals surface area (Å²) in [5, 5.41) is 5.96. The highest BCUT2D eigenvalue weighted by Gasteiger charge is 2.55. The standard InChI is InChI=1S/C30H28N4O3/c35-25(18-34-24(19-5-2-1-3-6-19)10-11-29(12-13-29)28(34)37)32-22-9-8-20-16-30(17-21(20)15-22)23-7-4-14-31-26(23)33-27(30)36/h1-9,14-15,24H,10-13,16-18H2,(H,32,35)(H,31,33,36)/t24-,30-/m1/s1. The summed E-state index contributed by atoms with van der Waals surface area (Å²) in [6.07, 6.45) is 6.48. The van der Waals surface area contributed by atoms with Gasteiger partial charge >= 0.3 is 0 Å². The molecule has 1 saturated heterocycles. The van der Waals surface area contributed by atoms with Crippen LogP contribution in [-0.2, 0) is 32.6 Å². The number of piperidine rings is 1. The average molecular weight is 493 g/mol. The molecule has 7 rings (SSSR count). The first-order chi connectivity index (χ1) is 18.0. The van der Waals surface area contributed by atoms with Gasteiger partial charge in [-0.25, -0.2) is 4.98 Å². The molecule has 0 bridgehead atoms. The summed E-state index contributed by atoms with van der Waals surface area (Å²) in [7, 11) is 0. The van der Waals surface area contributed by atoms with Gasteiger partial charge in [-0.05, 0) is 73.4 Å². The average Bonchev–Trinajstić information content (AvgIpc) is 3.51. The van der Waals surface area contributed by atoms with E-state index in [9.17, 15) is 14.4 Å². The molecule has 3 heterocycles. The molecule has 7 heteroatoms. The van der Waals surface area contributed by atoms with Crippen LogP contribution in [0.5, 0.6) is 0 Å². The third-order valence-corrected chi connectivity index (χ3v) is 8.80. The molecular weight excluding hydrogens is 464 g/mol. The molecule has 3 amide bonds. The highest BCUT2D eigenvalue weighted by Crippen LogP contribution is 2.56. The van der Waals surface area contributed by atoms with E-state index in [-0.39, 0.29) is 35.7 Å². The number of carbonyl (C=O) groups excluding carboxylic acids is 3. The van der Waals surface area contributed by atoms with Crippen molar-refractivity contribution in [1.29, 1.82) is 0 Å². The van der Waals surface area contributed by atoms with Crippen LogP contribution in [0.1, 0.15) is 54.0 Å². The maximum Gasteiger partial charge on any atom is 0.244 e. The fraction of sp³-hybridized carbons (Fsp3) is 0.333. The third kappa shape index (κ3) is 3.48. The van der Waals surface area contributed by atoms with Gasteiger partial charge in [-0.15, -0.1) is 0 Å². The number of likely N-dealkylation sites (tertiary alicyclic amines) is 1. The number of nitrogens with zero attached hydrogens (tertiary/aromatic N) is 2. The minimum Gasteiger partial charge on any atom is -0.326 e. The smallest absolute Gasteiger partial charge is 0.244 e. The first-order valence-corrected chi connectivity index (χ1v) is 13.0. The predicted octanol–water partition coefficient (Wildman–Crippen LogP) is 4.15. The molecule has 2 atom stereocenters. The van der Waals surface area contributed by atoms with Crippen molar-refractivity contribution < 1.29 is 14.4 Å². The maximum absolute atomic E-state index is 13.4. The Morgan fingerprint density at radius 3 is 2.62 bits per heavy atom. The number of fused-ring (bicyclic) bond motifs is 3. The summed E-state index contributed by atoms with van der Waals surface area (Å²) < 4.78 is 0. The fourth-order valence-electron chi connectivity index (χ4n) is 6.64. The van der Waals surface area contributed by atoms with Crippen LogP contribution < -0.4 is 10.6 Å². The van der Waals surface area contributed by atoms with Gasteiger partial charge in [-0.2, -0.15) is 0 Å². The number of hydrogen-bond donors (Lipinski definition) is 2. The van der Waals surface area contributed by atoms with E-state index >= 15 is 0 Å². The largest absolute Gasteiger partial charge is 0.326 e. The minimum absolute atomic E-state index is 0.0208. The van der Waals surface area contributed by atoms with Crippen LogP contribution in [-0.4, -0.2) is 34.2 Å². The van der Waals surface area contributed by atoms with Crippen molar-refractivity contribution in [2.45, 2.75) is 50.0 Å². The third-order valence-electron chi connectivity index (χ3n) is 8.80. The Labute approximate surface area is 215 Å². The van der Waals surface area contributed by atoms with Crippen LogP contribution >= 0.6 is 0 Å². The molecule has 2 aliphatic carbocycles. The van der Waals surface area contributed by atoms with E-state index in [1.807, 2.05) is 60.7 Å².